The molecule has 1 rings (SSSR count). The van der Waals surface area contributed by atoms with Crippen molar-refractivity contribution in [2.75, 3.05) is 0 Å². The number of aryl methyl sites for hydroxylation is 1. The minimum absolute atomic E-state index is 0.466. The first-order valence-corrected chi connectivity index (χ1v) is 6.33. The number of hydrogen-bond donors (Lipinski definition) is 1. The van der Waals surface area contributed by atoms with Crippen LogP contribution in [0.4, 0.5) is 0 Å². The summed E-state index contributed by atoms with van der Waals surface area (Å²) in [7, 11) is 0. The number of nitriles is 1. The van der Waals surface area contributed by atoms with E-state index in [1.807, 2.05) is 18.2 Å². The Morgan fingerprint density at radius 3 is 2.44 bits per heavy atom. The number of hydrogen-bond acceptors (Lipinski definition) is 2. The molecule has 0 spiro atoms. The largest absolute Gasteiger partial charge is 0.313 e. The lowest BCUT2D eigenvalue weighted by Gasteiger charge is -1.96. The molecule has 1 atom stereocenters. The fourth-order valence-electron chi connectivity index (χ4n) is 1.61. The highest BCUT2D eigenvalue weighted by Crippen LogP contribution is 2.03. The van der Waals surface area contributed by atoms with E-state index in [4.69, 9.17) is 11.0 Å². The number of rotatable bonds is 7. The molecule has 2 nitrogen and oxygen atoms in total. The van der Waals surface area contributed by atoms with Crippen LogP contribution in [-0.2, 0) is 6.42 Å². The van der Waals surface area contributed by atoms with Gasteiger partial charge in [-0.2, -0.15) is 5.26 Å². The van der Waals surface area contributed by atoms with Crippen LogP contribution < -0.4 is 5.73 Å². The van der Waals surface area contributed by atoms with Crippen LogP contribution in [0.25, 0.3) is 0 Å². The van der Waals surface area contributed by atoms with E-state index in [1.165, 1.54) is 5.56 Å². The topological polar surface area (TPSA) is 49.8 Å². The minimum atomic E-state index is -0.466. The molecular formula is C16H20N2. The summed E-state index contributed by atoms with van der Waals surface area (Å²) in [4.78, 5) is 0. The van der Waals surface area contributed by atoms with Gasteiger partial charge in [0.2, 0.25) is 0 Å². The van der Waals surface area contributed by atoms with Crippen molar-refractivity contribution in [1.82, 2.24) is 0 Å². The van der Waals surface area contributed by atoms with E-state index in [9.17, 15) is 0 Å². The van der Waals surface area contributed by atoms with Crippen molar-refractivity contribution in [2.45, 2.75) is 31.7 Å². The lowest BCUT2D eigenvalue weighted by molar-refractivity contribution is 0.967. The summed E-state index contributed by atoms with van der Waals surface area (Å²) in [5.41, 5.74) is 6.81. The lowest BCUT2D eigenvalue weighted by atomic mass is 10.1. The average Bonchev–Trinajstić information content (AvgIpc) is 2.42. The van der Waals surface area contributed by atoms with Gasteiger partial charge in [0.25, 0.3) is 0 Å². The first-order valence-electron chi connectivity index (χ1n) is 6.33. The quantitative estimate of drug-likeness (QED) is 0.587. The normalized spacial score (nSPS) is 12.9. The number of nitrogens with two attached hydrogens (primary N) is 1. The number of benzene rings is 1. The molecule has 1 aromatic rings. The van der Waals surface area contributed by atoms with E-state index in [0.29, 0.717) is 0 Å². The maximum absolute atomic E-state index is 8.48. The Labute approximate surface area is 109 Å². The van der Waals surface area contributed by atoms with Crippen molar-refractivity contribution < 1.29 is 0 Å². The van der Waals surface area contributed by atoms with Crippen LogP contribution in [0.5, 0.6) is 0 Å². The van der Waals surface area contributed by atoms with Crippen LogP contribution in [0.1, 0.15) is 24.8 Å². The van der Waals surface area contributed by atoms with Crippen LogP contribution in [0.2, 0.25) is 0 Å². The van der Waals surface area contributed by atoms with Crippen molar-refractivity contribution in [3.8, 4) is 6.07 Å². The zero-order chi connectivity index (χ0) is 13.1. The van der Waals surface area contributed by atoms with Crippen LogP contribution >= 0.6 is 0 Å². The smallest absolute Gasteiger partial charge is 0.111 e. The Morgan fingerprint density at radius 1 is 1.06 bits per heavy atom. The van der Waals surface area contributed by atoms with Gasteiger partial charge in [-0.15, -0.1) is 0 Å². The molecule has 0 aliphatic heterocycles. The Bertz CT molecular complexity index is 412. The highest BCUT2D eigenvalue weighted by atomic mass is 14.6. The molecule has 0 aliphatic carbocycles. The van der Waals surface area contributed by atoms with Gasteiger partial charge in [0.15, 0.2) is 0 Å². The van der Waals surface area contributed by atoms with Crippen LogP contribution in [0.15, 0.2) is 54.6 Å². The Morgan fingerprint density at radius 2 is 1.72 bits per heavy atom. The second kappa shape index (κ2) is 9.21. The summed E-state index contributed by atoms with van der Waals surface area (Å²) in [5.74, 6) is 0. The van der Waals surface area contributed by atoms with Crippen LogP contribution in [0, 0.1) is 11.3 Å². The van der Waals surface area contributed by atoms with Crippen molar-refractivity contribution in [3.63, 3.8) is 0 Å². The first-order chi connectivity index (χ1) is 8.83. The van der Waals surface area contributed by atoms with Gasteiger partial charge < -0.3 is 5.73 Å². The predicted molar refractivity (Wildman–Crippen MR) is 75.9 cm³/mol. The molecule has 1 aromatic carbocycles. The average molecular weight is 240 g/mol. The van der Waals surface area contributed by atoms with E-state index in [-0.39, 0.29) is 0 Å². The monoisotopic (exact) mass is 240 g/mol. The van der Waals surface area contributed by atoms with E-state index in [0.717, 1.165) is 25.7 Å². The van der Waals surface area contributed by atoms with Gasteiger partial charge in [-0.1, -0.05) is 54.6 Å². The molecule has 0 amide bonds. The Kier molecular flexibility index (Phi) is 7.27. The third-order valence-electron chi connectivity index (χ3n) is 2.60. The molecule has 2 heteroatoms. The van der Waals surface area contributed by atoms with Crippen LogP contribution in [-0.4, -0.2) is 6.04 Å². The third-order valence-corrected chi connectivity index (χ3v) is 2.60. The maximum atomic E-state index is 8.48. The van der Waals surface area contributed by atoms with Gasteiger partial charge in [-0.05, 0) is 31.2 Å². The molecule has 2 N–H and O–H groups in total. The standard InChI is InChI=1S/C16H20N2/c17-14-16(18)13-9-4-2-1-3-6-10-15-11-7-5-8-12-15/h1,3,5,7-9,11-13,16H,2,4,6,10,18H2. The Hall–Kier alpha value is -1.85. The molecule has 0 radical (unpaired) electrons. The number of nitrogens with zero attached hydrogens (tertiary/aromatic N) is 1. The fourth-order valence-corrected chi connectivity index (χ4v) is 1.61. The predicted octanol–water partition coefficient (Wildman–Crippen LogP) is 3.36. The van der Waals surface area contributed by atoms with Gasteiger partial charge in [0.05, 0.1) is 6.07 Å². The highest BCUT2D eigenvalue weighted by molar-refractivity contribution is 5.15. The number of unbranched alkanes of at least 4 members (excludes halogenated alkanes) is 1. The van der Waals surface area contributed by atoms with E-state index in [1.54, 1.807) is 6.08 Å². The molecule has 18 heavy (non-hydrogen) atoms. The fraction of sp³-hybridized carbons (Fsp3) is 0.312. The molecule has 1 unspecified atom stereocenters. The van der Waals surface area contributed by atoms with Crippen LogP contribution in [0.3, 0.4) is 0 Å². The van der Waals surface area contributed by atoms with Gasteiger partial charge in [-0.3, -0.25) is 0 Å². The third kappa shape index (κ3) is 6.67. The molecular weight excluding hydrogens is 220 g/mol. The van der Waals surface area contributed by atoms with E-state index >= 15 is 0 Å². The van der Waals surface area contributed by atoms with Crippen molar-refractivity contribution >= 4 is 0 Å². The molecule has 0 fully saturated rings. The van der Waals surface area contributed by atoms with Gasteiger partial charge in [0, 0.05) is 0 Å². The zero-order valence-corrected chi connectivity index (χ0v) is 10.6. The van der Waals surface area contributed by atoms with Crippen molar-refractivity contribution in [1.29, 1.82) is 5.26 Å². The minimum Gasteiger partial charge on any atom is -0.313 e. The Balaban J connectivity index is 2.08. The van der Waals surface area contributed by atoms with Crippen molar-refractivity contribution in [2.24, 2.45) is 5.73 Å². The highest BCUT2D eigenvalue weighted by Gasteiger charge is 1.89. The molecule has 0 saturated heterocycles. The van der Waals surface area contributed by atoms with E-state index in [2.05, 4.69) is 36.4 Å². The summed E-state index contributed by atoms with van der Waals surface area (Å²) in [5, 5.41) is 8.48. The molecule has 0 heterocycles. The second-order valence-electron chi connectivity index (χ2n) is 4.16. The zero-order valence-electron chi connectivity index (χ0n) is 10.6. The SMILES string of the molecule is N#CC(N)C=CCCC=CCCc1ccccc1. The molecule has 0 saturated carbocycles. The second-order valence-corrected chi connectivity index (χ2v) is 4.16. The molecule has 0 aromatic heterocycles. The van der Waals surface area contributed by atoms with Crippen molar-refractivity contribution in [3.05, 3.63) is 60.2 Å². The summed E-state index contributed by atoms with van der Waals surface area (Å²) in [6.07, 6.45) is 12.2. The number of allylic oxidation sites excluding steroid dienone is 3. The summed E-state index contributed by atoms with van der Waals surface area (Å²) in [6.45, 7) is 0. The molecule has 0 bridgehead atoms. The first kappa shape index (κ1) is 14.2. The van der Waals surface area contributed by atoms with Gasteiger partial charge in [0.1, 0.15) is 6.04 Å². The van der Waals surface area contributed by atoms with Gasteiger partial charge >= 0.3 is 0 Å². The maximum Gasteiger partial charge on any atom is 0.111 e. The van der Waals surface area contributed by atoms with Gasteiger partial charge in [-0.25, -0.2) is 0 Å². The molecule has 0 aliphatic rings. The summed E-state index contributed by atoms with van der Waals surface area (Å²) in [6, 6.07) is 12.0. The van der Waals surface area contributed by atoms with E-state index < -0.39 is 6.04 Å². The summed E-state index contributed by atoms with van der Waals surface area (Å²) >= 11 is 0. The summed E-state index contributed by atoms with van der Waals surface area (Å²) < 4.78 is 0. The lowest BCUT2D eigenvalue weighted by Crippen LogP contribution is -2.12. The molecule has 94 valence electrons.